The Balaban J connectivity index is 1.53. The molecule has 1 fully saturated rings. The Hall–Kier alpha value is -4.14. The van der Waals surface area contributed by atoms with Gasteiger partial charge in [-0.3, -0.25) is 9.59 Å². The molecule has 0 aliphatic carbocycles. The molecule has 2 amide bonds. The van der Waals surface area contributed by atoms with Crippen LogP contribution in [0.5, 0.6) is 5.75 Å². The Kier molecular flexibility index (Phi) is 5.89. The zero-order valence-corrected chi connectivity index (χ0v) is 17.4. The predicted octanol–water partition coefficient (Wildman–Crippen LogP) is 2.68. The summed E-state index contributed by atoms with van der Waals surface area (Å²) in [4.78, 5) is 38.9. The number of carbonyl (C=O) groups is 3. The standard InChI is InChI=1S/C23H22N4O5/c1-32-18-9-7-17(8-10-18)27-20(13-19(25-27)23(30)31)22(29)26-12-11-15(14-26)21(28)24-16-5-3-2-4-6-16/h2-10,13,15H,11-12,14H2,1H3,(H,24,28)(H,30,31). The second kappa shape index (κ2) is 8.93. The maximum atomic E-state index is 13.2. The fourth-order valence-electron chi connectivity index (χ4n) is 3.64. The number of benzene rings is 2. The van der Waals surface area contributed by atoms with Crippen molar-refractivity contribution in [2.24, 2.45) is 5.92 Å². The van der Waals surface area contributed by atoms with Crippen LogP contribution in [0.3, 0.4) is 0 Å². The first kappa shape index (κ1) is 21.1. The van der Waals surface area contributed by atoms with Crippen LogP contribution in [0.15, 0.2) is 60.7 Å². The van der Waals surface area contributed by atoms with Gasteiger partial charge in [-0.05, 0) is 42.8 Å². The van der Waals surface area contributed by atoms with E-state index in [4.69, 9.17) is 4.74 Å². The van der Waals surface area contributed by atoms with Crippen LogP contribution in [0.25, 0.3) is 5.69 Å². The van der Waals surface area contributed by atoms with E-state index in [2.05, 4.69) is 10.4 Å². The second-order valence-corrected chi connectivity index (χ2v) is 7.42. The first-order valence-electron chi connectivity index (χ1n) is 10.1. The molecule has 9 heteroatoms. The van der Waals surface area contributed by atoms with Crippen molar-refractivity contribution in [1.82, 2.24) is 14.7 Å². The average Bonchev–Trinajstić information content (AvgIpc) is 3.48. The zero-order valence-electron chi connectivity index (χ0n) is 17.4. The van der Waals surface area contributed by atoms with Crippen LogP contribution in [0.4, 0.5) is 5.69 Å². The number of amides is 2. The molecule has 1 atom stereocenters. The Bertz CT molecular complexity index is 1140. The molecule has 164 valence electrons. The van der Waals surface area contributed by atoms with Crippen molar-refractivity contribution in [3.05, 3.63) is 72.1 Å². The van der Waals surface area contributed by atoms with Crippen LogP contribution >= 0.6 is 0 Å². The largest absolute Gasteiger partial charge is 0.497 e. The number of aromatic carboxylic acids is 1. The third-order valence-corrected chi connectivity index (χ3v) is 5.35. The molecule has 2 heterocycles. The lowest BCUT2D eigenvalue weighted by atomic mass is 10.1. The topological polar surface area (TPSA) is 114 Å². The highest BCUT2D eigenvalue weighted by Crippen LogP contribution is 2.23. The highest BCUT2D eigenvalue weighted by atomic mass is 16.5. The number of hydrogen-bond acceptors (Lipinski definition) is 5. The van der Waals surface area contributed by atoms with E-state index in [1.165, 1.54) is 17.9 Å². The number of likely N-dealkylation sites (tertiary alicyclic amines) is 1. The molecule has 3 aromatic rings. The van der Waals surface area contributed by atoms with Crippen LogP contribution in [-0.2, 0) is 4.79 Å². The quantitative estimate of drug-likeness (QED) is 0.617. The minimum atomic E-state index is -1.23. The Morgan fingerprint density at radius 3 is 2.47 bits per heavy atom. The minimum absolute atomic E-state index is 0.122. The lowest BCUT2D eigenvalue weighted by Gasteiger charge is -2.17. The van der Waals surface area contributed by atoms with Gasteiger partial charge in [-0.25, -0.2) is 9.48 Å². The number of para-hydroxylation sites is 1. The van der Waals surface area contributed by atoms with Crippen LogP contribution in [-0.4, -0.2) is 57.8 Å². The van der Waals surface area contributed by atoms with Crippen LogP contribution in [0, 0.1) is 5.92 Å². The van der Waals surface area contributed by atoms with Gasteiger partial charge in [0.2, 0.25) is 5.91 Å². The van der Waals surface area contributed by atoms with E-state index in [1.54, 1.807) is 41.3 Å². The molecule has 0 spiro atoms. The van der Waals surface area contributed by atoms with E-state index in [-0.39, 0.29) is 35.7 Å². The molecule has 1 unspecified atom stereocenters. The Morgan fingerprint density at radius 1 is 1.09 bits per heavy atom. The van der Waals surface area contributed by atoms with Gasteiger partial charge in [-0.1, -0.05) is 18.2 Å². The van der Waals surface area contributed by atoms with Gasteiger partial charge in [-0.2, -0.15) is 5.10 Å². The third kappa shape index (κ3) is 4.31. The monoisotopic (exact) mass is 434 g/mol. The molecule has 1 aliphatic rings. The number of ether oxygens (including phenoxy) is 1. The third-order valence-electron chi connectivity index (χ3n) is 5.35. The fourth-order valence-corrected chi connectivity index (χ4v) is 3.64. The maximum absolute atomic E-state index is 13.2. The van der Waals surface area contributed by atoms with Crippen molar-refractivity contribution < 1.29 is 24.2 Å². The molecule has 2 N–H and O–H groups in total. The summed E-state index contributed by atoms with van der Waals surface area (Å²) in [5, 5.41) is 16.3. The summed E-state index contributed by atoms with van der Waals surface area (Å²) in [6.45, 7) is 0.635. The summed E-state index contributed by atoms with van der Waals surface area (Å²) in [6.07, 6.45) is 0.521. The number of aromatic nitrogens is 2. The zero-order chi connectivity index (χ0) is 22.7. The molecule has 9 nitrogen and oxygen atoms in total. The first-order chi connectivity index (χ1) is 15.5. The number of carbonyl (C=O) groups excluding carboxylic acids is 2. The van der Waals surface area contributed by atoms with Gasteiger partial charge >= 0.3 is 5.97 Å². The number of rotatable bonds is 6. The van der Waals surface area contributed by atoms with Crippen LogP contribution < -0.4 is 10.1 Å². The van der Waals surface area contributed by atoms with Gasteiger partial charge in [-0.15, -0.1) is 0 Å². The smallest absolute Gasteiger partial charge is 0.356 e. The van der Waals surface area contributed by atoms with Crippen molar-refractivity contribution >= 4 is 23.5 Å². The first-order valence-corrected chi connectivity index (χ1v) is 10.1. The predicted molar refractivity (Wildman–Crippen MR) is 116 cm³/mol. The van der Waals surface area contributed by atoms with E-state index in [1.807, 2.05) is 18.2 Å². The normalized spacial score (nSPS) is 15.4. The van der Waals surface area contributed by atoms with E-state index in [9.17, 15) is 19.5 Å². The highest BCUT2D eigenvalue weighted by molar-refractivity contribution is 5.98. The molecule has 0 radical (unpaired) electrons. The lowest BCUT2D eigenvalue weighted by Crippen LogP contribution is -2.32. The van der Waals surface area contributed by atoms with Gasteiger partial charge in [0.25, 0.3) is 5.91 Å². The van der Waals surface area contributed by atoms with Crippen LogP contribution in [0.1, 0.15) is 27.4 Å². The van der Waals surface area contributed by atoms with Gasteiger partial charge in [0, 0.05) is 24.8 Å². The fraction of sp³-hybridized carbons (Fsp3) is 0.217. The minimum Gasteiger partial charge on any atom is -0.497 e. The number of methoxy groups -OCH3 is 1. The van der Waals surface area contributed by atoms with Crippen molar-refractivity contribution in [3.63, 3.8) is 0 Å². The number of nitrogens with zero attached hydrogens (tertiary/aromatic N) is 3. The average molecular weight is 434 g/mol. The highest BCUT2D eigenvalue weighted by Gasteiger charge is 2.33. The van der Waals surface area contributed by atoms with Crippen LogP contribution in [0.2, 0.25) is 0 Å². The van der Waals surface area contributed by atoms with Gasteiger partial charge in [0.05, 0.1) is 18.7 Å². The summed E-state index contributed by atoms with van der Waals surface area (Å²) in [5.74, 6) is -1.49. The SMILES string of the molecule is COc1ccc(-n2nc(C(=O)O)cc2C(=O)N2CCC(C(=O)Nc3ccccc3)C2)cc1. The summed E-state index contributed by atoms with van der Waals surface area (Å²) in [5.41, 5.74) is 1.11. The molecule has 0 bridgehead atoms. The molecule has 1 aromatic heterocycles. The van der Waals surface area contributed by atoms with E-state index in [0.717, 1.165) is 0 Å². The Morgan fingerprint density at radius 2 is 1.81 bits per heavy atom. The molecular formula is C23H22N4O5. The van der Waals surface area contributed by atoms with E-state index >= 15 is 0 Å². The molecule has 32 heavy (non-hydrogen) atoms. The van der Waals surface area contributed by atoms with Crippen molar-refractivity contribution in [2.45, 2.75) is 6.42 Å². The van der Waals surface area contributed by atoms with E-state index in [0.29, 0.717) is 30.1 Å². The molecule has 4 rings (SSSR count). The summed E-state index contributed by atoms with van der Waals surface area (Å²) in [7, 11) is 1.54. The van der Waals surface area contributed by atoms with E-state index < -0.39 is 5.97 Å². The number of carboxylic acid groups (broad SMARTS) is 1. The molecule has 1 saturated heterocycles. The second-order valence-electron chi connectivity index (χ2n) is 7.42. The van der Waals surface area contributed by atoms with Gasteiger partial charge in [0.1, 0.15) is 11.4 Å². The maximum Gasteiger partial charge on any atom is 0.356 e. The van der Waals surface area contributed by atoms with Gasteiger partial charge < -0.3 is 20.1 Å². The van der Waals surface area contributed by atoms with Crippen molar-refractivity contribution in [1.29, 1.82) is 0 Å². The van der Waals surface area contributed by atoms with Crippen molar-refractivity contribution in [2.75, 3.05) is 25.5 Å². The van der Waals surface area contributed by atoms with Crippen molar-refractivity contribution in [3.8, 4) is 11.4 Å². The molecule has 0 saturated carbocycles. The number of carboxylic acids is 1. The number of nitrogens with one attached hydrogen (secondary N) is 1. The molecular weight excluding hydrogens is 412 g/mol. The number of anilines is 1. The summed E-state index contributed by atoms with van der Waals surface area (Å²) in [6, 6.07) is 17.2. The summed E-state index contributed by atoms with van der Waals surface area (Å²) >= 11 is 0. The summed E-state index contributed by atoms with van der Waals surface area (Å²) < 4.78 is 6.46. The lowest BCUT2D eigenvalue weighted by molar-refractivity contribution is -0.119. The molecule has 1 aliphatic heterocycles. The molecule has 2 aromatic carbocycles. The number of hydrogen-bond donors (Lipinski definition) is 2. The Labute approximate surface area is 184 Å². The van der Waals surface area contributed by atoms with Gasteiger partial charge in [0.15, 0.2) is 5.69 Å².